The topological polar surface area (TPSA) is 91.0 Å². The van der Waals surface area contributed by atoms with Gasteiger partial charge in [0.25, 0.3) is 0 Å². The van der Waals surface area contributed by atoms with Crippen molar-refractivity contribution in [3.63, 3.8) is 0 Å². The van der Waals surface area contributed by atoms with Crippen LogP contribution in [0.2, 0.25) is 0 Å². The van der Waals surface area contributed by atoms with E-state index in [0.29, 0.717) is 24.8 Å². The van der Waals surface area contributed by atoms with E-state index in [1.54, 1.807) is 39.7 Å². The highest BCUT2D eigenvalue weighted by atomic mass is 32.2. The van der Waals surface area contributed by atoms with Crippen molar-refractivity contribution < 1.29 is 9.53 Å². The highest BCUT2D eigenvalue weighted by molar-refractivity contribution is 7.99. The Morgan fingerprint density at radius 2 is 2.00 bits per heavy atom. The summed E-state index contributed by atoms with van der Waals surface area (Å²) in [5.41, 5.74) is 0.994. The Balaban J connectivity index is 1.25. The first-order valence-corrected chi connectivity index (χ1v) is 11.6. The maximum atomic E-state index is 12.6. The van der Waals surface area contributed by atoms with Crippen molar-refractivity contribution in [3.8, 4) is 5.75 Å². The second kappa shape index (κ2) is 9.73. The maximum absolute atomic E-state index is 12.6. The van der Waals surface area contributed by atoms with Gasteiger partial charge in [-0.2, -0.15) is 12.6 Å². The fraction of sp³-hybridized carbons (Fsp3) is 0.450. The molecule has 3 heterocycles. The summed E-state index contributed by atoms with van der Waals surface area (Å²) in [6.07, 6.45) is 5.23. The zero-order valence-corrected chi connectivity index (χ0v) is 19.2. The first-order chi connectivity index (χ1) is 15.0. The van der Waals surface area contributed by atoms with Gasteiger partial charge in [0.05, 0.1) is 5.25 Å². The van der Waals surface area contributed by atoms with Gasteiger partial charge >= 0.3 is 6.09 Å². The number of imidazole rings is 1. The number of thiol groups is 1. The Morgan fingerprint density at radius 3 is 2.61 bits per heavy atom. The number of tetrazole rings is 1. The molecule has 1 saturated heterocycles. The highest BCUT2D eigenvalue weighted by Crippen LogP contribution is 2.29. The second-order valence-electron chi connectivity index (χ2n) is 7.56. The number of carbonyl (C=O) groups is 1. The molecule has 0 saturated carbocycles. The molecule has 164 valence electrons. The first kappa shape index (κ1) is 21.7. The number of likely N-dealkylation sites (tertiary alicyclic amines) is 1. The summed E-state index contributed by atoms with van der Waals surface area (Å²) in [6, 6.07) is 7.44. The van der Waals surface area contributed by atoms with Crippen LogP contribution in [0.1, 0.15) is 29.5 Å². The molecule has 11 heteroatoms. The van der Waals surface area contributed by atoms with E-state index in [9.17, 15) is 4.79 Å². The molecule has 0 spiro atoms. The Morgan fingerprint density at radius 1 is 1.26 bits per heavy atom. The van der Waals surface area contributed by atoms with Crippen molar-refractivity contribution in [2.75, 3.05) is 18.8 Å². The normalized spacial score (nSPS) is 15.8. The van der Waals surface area contributed by atoms with Gasteiger partial charge in [-0.25, -0.2) is 14.5 Å². The highest BCUT2D eigenvalue weighted by Gasteiger charge is 2.25. The molecule has 9 nitrogen and oxygen atoms in total. The fourth-order valence-corrected chi connectivity index (χ4v) is 4.95. The van der Waals surface area contributed by atoms with E-state index >= 15 is 0 Å². The number of benzene rings is 1. The molecule has 0 N–H and O–H groups in total. The summed E-state index contributed by atoms with van der Waals surface area (Å²) in [5.74, 6) is 2.87. The van der Waals surface area contributed by atoms with Gasteiger partial charge in [0.1, 0.15) is 11.6 Å². The van der Waals surface area contributed by atoms with E-state index in [0.717, 1.165) is 35.1 Å². The maximum Gasteiger partial charge on any atom is 0.415 e. The van der Waals surface area contributed by atoms with Crippen molar-refractivity contribution >= 4 is 30.5 Å². The smallest absolute Gasteiger partial charge is 0.410 e. The standard InChI is InChI=1S/C20H25N7O2S2/c1-25-12-9-21-18(25)17(30)15-3-5-16(6-4-15)29-20(28)27-10-7-14(8-11-27)13-31-19-22-23-24-26(19)2/h3-6,9,12,14,17,30H,7-8,10-11,13H2,1-2H3. The van der Waals surface area contributed by atoms with Gasteiger partial charge in [0.15, 0.2) is 0 Å². The van der Waals surface area contributed by atoms with E-state index in [2.05, 4.69) is 33.1 Å². The number of nitrogens with zero attached hydrogens (tertiary/aromatic N) is 7. The SMILES string of the molecule is Cn1ccnc1C(S)c1ccc(OC(=O)N2CCC(CSc3nnnn3C)CC2)cc1. The Hall–Kier alpha value is -2.53. The monoisotopic (exact) mass is 459 g/mol. The van der Waals surface area contributed by atoms with Crippen LogP contribution in [-0.2, 0) is 14.1 Å². The van der Waals surface area contributed by atoms with Gasteiger partial charge in [0.2, 0.25) is 5.16 Å². The van der Waals surface area contributed by atoms with Crippen molar-refractivity contribution in [2.45, 2.75) is 23.2 Å². The quantitative estimate of drug-likeness (QED) is 0.448. The fourth-order valence-electron chi connectivity index (χ4n) is 3.49. The molecule has 0 radical (unpaired) electrons. The van der Waals surface area contributed by atoms with Crippen LogP contribution < -0.4 is 4.74 Å². The van der Waals surface area contributed by atoms with Crippen LogP contribution in [0, 0.1) is 5.92 Å². The van der Waals surface area contributed by atoms with Crippen LogP contribution in [-0.4, -0.2) is 59.6 Å². The van der Waals surface area contributed by atoms with Crippen LogP contribution >= 0.6 is 24.4 Å². The molecule has 1 amide bonds. The predicted octanol–water partition coefficient (Wildman–Crippen LogP) is 2.97. The van der Waals surface area contributed by atoms with Gasteiger partial charge in [-0.1, -0.05) is 23.9 Å². The third kappa shape index (κ3) is 5.21. The van der Waals surface area contributed by atoms with E-state index in [1.165, 1.54) is 0 Å². The van der Waals surface area contributed by atoms with Crippen molar-refractivity contribution in [3.05, 3.63) is 48.0 Å². The van der Waals surface area contributed by atoms with E-state index < -0.39 is 0 Å². The van der Waals surface area contributed by atoms with Crippen molar-refractivity contribution in [2.24, 2.45) is 20.0 Å². The van der Waals surface area contributed by atoms with Gasteiger partial charge in [-0.05, 0) is 46.9 Å². The van der Waals surface area contributed by atoms with Crippen LogP contribution in [0.25, 0.3) is 0 Å². The lowest BCUT2D eigenvalue weighted by Gasteiger charge is -2.30. The molecule has 31 heavy (non-hydrogen) atoms. The zero-order chi connectivity index (χ0) is 21.8. The third-order valence-electron chi connectivity index (χ3n) is 5.41. The number of carbonyl (C=O) groups excluding carboxylic acids is 1. The molecule has 1 atom stereocenters. The molecule has 3 aromatic rings. The summed E-state index contributed by atoms with van der Waals surface area (Å²) < 4.78 is 9.20. The number of aryl methyl sites for hydroxylation is 2. The van der Waals surface area contributed by atoms with E-state index in [4.69, 9.17) is 4.74 Å². The minimum atomic E-state index is -0.303. The minimum Gasteiger partial charge on any atom is -0.410 e. The first-order valence-electron chi connectivity index (χ1n) is 10.1. The van der Waals surface area contributed by atoms with Crippen molar-refractivity contribution in [1.29, 1.82) is 0 Å². The molecule has 4 rings (SSSR count). The van der Waals surface area contributed by atoms with Crippen molar-refractivity contribution in [1.82, 2.24) is 34.7 Å². The molecule has 1 aliphatic rings. The number of ether oxygens (including phenoxy) is 1. The average Bonchev–Trinajstić information content (AvgIpc) is 3.40. The Bertz CT molecular complexity index is 1010. The van der Waals surface area contributed by atoms with Crippen LogP contribution in [0.4, 0.5) is 4.79 Å². The zero-order valence-electron chi connectivity index (χ0n) is 17.5. The lowest BCUT2D eigenvalue weighted by atomic mass is 9.99. The molecular formula is C20H25N7O2S2. The molecule has 1 fully saturated rings. The average molecular weight is 460 g/mol. The summed E-state index contributed by atoms with van der Waals surface area (Å²) in [7, 11) is 3.78. The lowest BCUT2D eigenvalue weighted by Crippen LogP contribution is -2.40. The third-order valence-corrected chi connectivity index (χ3v) is 7.18. The molecular weight excluding hydrogens is 434 g/mol. The number of hydrogen-bond acceptors (Lipinski definition) is 8. The summed E-state index contributed by atoms with van der Waals surface area (Å²) in [4.78, 5) is 18.7. The minimum absolute atomic E-state index is 0.140. The number of hydrogen-bond donors (Lipinski definition) is 1. The lowest BCUT2D eigenvalue weighted by molar-refractivity contribution is 0.134. The summed E-state index contributed by atoms with van der Waals surface area (Å²) >= 11 is 6.33. The molecule has 1 aliphatic heterocycles. The molecule has 1 aromatic carbocycles. The van der Waals surface area contributed by atoms with Crippen LogP contribution in [0.15, 0.2) is 41.8 Å². The van der Waals surface area contributed by atoms with E-state index in [1.807, 2.05) is 37.0 Å². The Kier molecular flexibility index (Phi) is 6.81. The number of aromatic nitrogens is 6. The van der Waals surface area contributed by atoms with Gasteiger partial charge in [-0.15, -0.1) is 5.10 Å². The number of piperidine rings is 1. The Labute approximate surface area is 190 Å². The second-order valence-corrected chi connectivity index (χ2v) is 9.07. The number of amides is 1. The van der Waals surface area contributed by atoms with Gasteiger partial charge in [0, 0.05) is 45.3 Å². The molecule has 0 bridgehead atoms. The van der Waals surface area contributed by atoms with E-state index in [-0.39, 0.29) is 11.3 Å². The number of rotatable bonds is 6. The van der Waals surface area contributed by atoms with Crippen LogP contribution in [0.5, 0.6) is 5.75 Å². The molecule has 1 unspecified atom stereocenters. The van der Waals surface area contributed by atoms with Gasteiger partial charge in [-0.3, -0.25) is 0 Å². The number of thioether (sulfide) groups is 1. The largest absolute Gasteiger partial charge is 0.415 e. The molecule has 2 aromatic heterocycles. The summed E-state index contributed by atoms with van der Waals surface area (Å²) in [5, 5.41) is 12.2. The van der Waals surface area contributed by atoms with Gasteiger partial charge < -0.3 is 14.2 Å². The summed E-state index contributed by atoms with van der Waals surface area (Å²) in [6.45, 7) is 1.38. The predicted molar refractivity (Wildman–Crippen MR) is 120 cm³/mol. The van der Waals surface area contributed by atoms with Crippen LogP contribution in [0.3, 0.4) is 0 Å². The molecule has 0 aliphatic carbocycles.